The second kappa shape index (κ2) is 16.6. The summed E-state index contributed by atoms with van der Waals surface area (Å²) in [4.78, 5) is 10.7. The highest BCUT2D eigenvalue weighted by atomic mass is 15.0. The van der Waals surface area contributed by atoms with Crippen LogP contribution in [0.5, 0.6) is 0 Å². The first-order chi connectivity index (χ1) is 16.7. The second-order valence-electron chi connectivity index (χ2n) is 5.51. The van der Waals surface area contributed by atoms with E-state index in [4.69, 9.17) is 29.6 Å². The van der Waals surface area contributed by atoms with E-state index in [-0.39, 0.29) is 5.71 Å². The molecule has 0 spiro atoms. The van der Waals surface area contributed by atoms with E-state index in [9.17, 15) is 0 Å². The first kappa shape index (κ1) is 25.8. The predicted octanol–water partition coefficient (Wildman–Crippen LogP) is 5.01. The van der Waals surface area contributed by atoms with Gasteiger partial charge in [-0.25, -0.2) is 4.98 Å². The van der Waals surface area contributed by atoms with Gasteiger partial charge in [-0.1, -0.05) is 30.3 Å². The third-order valence-electron chi connectivity index (χ3n) is 3.34. The number of fused-ring (bicyclic) bond motifs is 1. The molecule has 1 heterocycles. The molecule has 6 nitrogen and oxygen atoms in total. The number of nitrogen functional groups attached to an aromatic ring is 1. The largest absolute Gasteiger partial charge is 0.399 e. The van der Waals surface area contributed by atoms with Crippen LogP contribution in [0.25, 0.3) is 32.7 Å². The van der Waals surface area contributed by atoms with Crippen molar-refractivity contribution in [2.24, 2.45) is 0 Å². The summed E-state index contributed by atoms with van der Waals surface area (Å²) in [5.41, 5.74) is 22.3. The van der Waals surface area contributed by atoms with Gasteiger partial charge in [-0.3, -0.25) is 4.98 Å². The van der Waals surface area contributed by atoms with Crippen LogP contribution in [-0.2, 0) is 0 Å². The molecule has 0 aliphatic heterocycles. The number of aromatic nitrogens is 2. The average Bonchev–Trinajstić information content (AvgIpc) is 2.86. The van der Waals surface area contributed by atoms with Gasteiger partial charge < -0.3 is 5.73 Å². The van der Waals surface area contributed by atoms with Gasteiger partial charge in [0.25, 0.3) is 0 Å². The van der Waals surface area contributed by atoms with Crippen molar-refractivity contribution in [2.45, 2.75) is 0 Å². The molecular formula is C28H22N6. The van der Waals surface area contributed by atoms with E-state index in [1.807, 2.05) is 48.5 Å². The maximum Gasteiger partial charge on any atom is 0.0907 e. The maximum absolute atomic E-state index is 6.86. The van der Waals surface area contributed by atoms with Gasteiger partial charge in [0.05, 0.1) is 22.9 Å². The Kier molecular flexibility index (Phi) is 12.6. The van der Waals surface area contributed by atoms with Gasteiger partial charge in [-0.05, 0) is 99.7 Å². The summed E-state index contributed by atoms with van der Waals surface area (Å²) in [7, 11) is 0. The predicted molar refractivity (Wildman–Crippen MR) is 144 cm³/mol. The molecule has 3 rings (SSSR count). The van der Waals surface area contributed by atoms with Crippen LogP contribution in [0, 0.1) is 89.4 Å². The van der Waals surface area contributed by atoms with Crippen molar-refractivity contribution in [3.63, 3.8) is 0 Å². The van der Waals surface area contributed by atoms with Crippen molar-refractivity contribution >= 4 is 16.7 Å². The van der Waals surface area contributed by atoms with Crippen LogP contribution in [0.1, 0.15) is 5.71 Å². The first-order valence-corrected chi connectivity index (χ1v) is 9.16. The molecule has 0 aliphatic carbocycles. The number of benzene rings is 2. The molecule has 3 N–H and O–H groups in total. The molecule has 0 amide bonds. The molecule has 2 aromatic carbocycles. The van der Waals surface area contributed by atoms with E-state index in [1.165, 1.54) is 0 Å². The number of rotatable bonds is 1. The van der Waals surface area contributed by atoms with Gasteiger partial charge in [0, 0.05) is 17.0 Å². The highest BCUT2D eigenvalue weighted by molar-refractivity contribution is 5.80. The summed E-state index contributed by atoms with van der Waals surface area (Å²) in [6.07, 6.45) is 11.5. The number of terminal acetylenes is 2. The zero-order valence-electron chi connectivity index (χ0n) is 17.7. The molecule has 0 bridgehead atoms. The highest BCUT2D eigenvalue weighted by Gasteiger charge is 2.02. The SMILES string of the molecule is C#CC#CC#CC#CC#CC#CC#C.Nc1ccc2nc(-c3ccccc3)cnc2c1.[HH].[HH].[HH].[HH].[N-]=[N+]=N. The Morgan fingerprint density at radius 3 is 1.79 bits per heavy atom. The van der Waals surface area contributed by atoms with Crippen molar-refractivity contribution in [1.82, 2.24) is 9.97 Å². The molecule has 1 aromatic heterocycles. The van der Waals surface area contributed by atoms with Crippen LogP contribution in [0.2, 0.25) is 0 Å². The lowest BCUT2D eigenvalue weighted by molar-refractivity contribution is 1.29. The van der Waals surface area contributed by atoms with Crippen LogP contribution < -0.4 is 5.73 Å². The van der Waals surface area contributed by atoms with E-state index in [0.29, 0.717) is 5.69 Å². The molecule has 34 heavy (non-hydrogen) atoms. The standard InChI is InChI=1S/C14H11N3.C14H2.HN3.4H2/c15-11-6-7-12-13(8-11)16-9-14(17-12)10-4-2-1-3-5-10;1-3-5-7-9-11-13-14-12-10-8-6-4-2;1-3-2;;;;/h1-9H,15H2;1-2H;1H;4*1H. The van der Waals surface area contributed by atoms with Gasteiger partial charge in [0.2, 0.25) is 0 Å². The minimum atomic E-state index is 0. The summed E-state index contributed by atoms with van der Waals surface area (Å²) < 4.78 is 0. The molecule has 0 radical (unpaired) electrons. The second-order valence-corrected chi connectivity index (χ2v) is 5.51. The van der Waals surface area contributed by atoms with Crippen LogP contribution in [0.15, 0.2) is 54.7 Å². The topological polar surface area (TPSA) is 112 Å². The van der Waals surface area contributed by atoms with E-state index in [1.54, 1.807) is 11.1 Å². The Bertz CT molecular complexity index is 1540. The smallest absolute Gasteiger partial charge is 0.0907 e. The molecule has 0 aliphatic rings. The monoisotopic (exact) mass is 442 g/mol. The minimum Gasteiger partial charge on any atom is -0.399 e. The number of nitrogens with one attached hydrogen (secondary N) is 1. The zero-order chi connectivity index (χ0) is 24.9. The third kappa shape index (κ3) is 10.5. The molecule has 164 valence electrons. The summed E-state index contributed by atoms with van der Waals surface area (Å²) in [6, 6.07) is 15.6. The number of anilines is 1. The third-order valence-corrected chi connectivity index (χ3v) is 3.34. The van der Waals surface area contributed by atoms with E-state index in [2.05, 4.69) is 81.0 Å². The molecule has 0 fully saturated rings. The van der Waals surface area contributed by atoms with Gasteiger partial charge in [-0.15, -0.1) is 18.4 Å². The van der Waals surface area contributed by atoms with Crippen LogP contribution in [-0.4, -0.2) is 9.97 Å². The Morgan fingerprint density at radius 2 is 1.29 bits per heavy atom. The van der Waals surface area contributed by atoms with Crippen molar-refractivity contribution in [3.05, 3.63) is 65.2 Å². The van der Waals surface area contributed by atoms with Crippen molar-refractivity contribution in [1.29, 1.82) is 5.53 Å². The maximum atomic E-state index is 6.86. The Morgan fingerprint density at radius 1 is 0.794 bits per heavy atom. The molecule has 6 heteroatoms. The Balaban J connectivity index is -0.000000256. The lowest BCUT2D eigenvalue weighted by Crippen LogP contribution is -1.90. The summed E-state index contributed by atoms with van der Waals surface area (Å²) in [6.45, 7) is 0. The fourth-order valence-electron chi connectivity index (χ4n) is 2.10. The fraction of sp³-hybridized carbons (Fsp3) is 0. The summed E-state index contributed by atoms with van der Waals surface area (Å²) in [5.74, 6) is 28.3. The van der Waals surface area contributed by atoms with E-state index >= 15 is 0 Å². The molecule has 0 atom stereocenters. The lowest BCUT2D eigenvalue weighted by Gasteiger charge is -2.02. The van der Waals surface area contributed by atoms with Crippen LogP contribution in [0.3, 0.4) is 0 Å². The molecule has 0 saturated carbocycles. The summed E-state index contributed by atoms with van der Waals surface area (Å²) >= 11 is 0. The fourth-order valence-corrected chi connectivity index (χ4v) is 2.10. The van der Waals surface area contributed by atoms with Crippen LogP contribution >= 0.6 is 0 Å². The Labute approximate surface area is 204 Å². The minimum absolute atomic E-state index is 0. The Hall–Kier alpha value is -6.19. The van der Waals surface area contributed by atoms with Crippen molar-refractivity contribution < 1.29 is 5.71 Å². The van der Waals surface area contributed by atoms with E-state index < -0.39 is 0 Å². The first-order valence-electron chi connectivity index (χ1n) is 9.16. The van der Waals surface area contributed by atoms with Gasteiger partial charge >= 0.3 is 0 Å². The average molecular weight is 443 g/mol. The van der Waals surface area contributed by atoms with Crippen molar-refractivity contribution in [2.75, 3.05) is 5.73 Å². The number of nitrogens with two attached hydrogens (primary N) is 1. The van der Waals surface area contributed by atoms with Gasteiger partial charge in [0.1, 0.15) is 0 Å². The van der Waals surface area contributed by atoms with E-state index in [0.717, 1.165) is 22.3 Å². The number of hydrogen-bond acceptors (Lipinski definition) is 4. The molecule has 3 aromatic rings. The van der Waals surface area contributed by atoms with Gasteiger partial charge in [-0.2, -0.15) is 0 Å². The molecular weight excluding hydrogens is 420 g/mol. The lowest BCUT2D eigenvalue weighted by atomic mass is 10.1. The quantitative estimate of drug-likeness (QED) is 0.182. The number of nitrogens with zero attached hydrogens (tertiary/aromatic N) is 4. The highest BCUT2D eigenvalue weighted by Crippen LogP contribution is 2.19. The summed E-state index contributed by atoms with van der Waals surface area (Å²) in [5, 5.41) is 0. The van der Waals surface area contributed by atoms with Gasteiger partial charge in [0.15, 0.2) is 0 Å². The zero-order valence-corrected chi connectivity index (χ0v) is 17.7. The van der Waals surface area contributed by atoms with Crippen LogP contribution in [0.4, 0.5) is 5.69 Å². The molecule has 0 unspecified atom stereocenters. The molecule has 0 saturated heterocycles. The normalized spacial score (nSPS) is 7.00. The number of hydrogen-bond donors (Lipinski definition) is 2. The van der Waals surface area contributed by atoms with Crippen molar-refractivity contribution in [3.8, 4) is 95.1 Å².